The van der Waals surface area contributed by atoms with Crippen molar-refractivity contribution in [1.29, 1.82) is 0 Å². The van der Waals surface area contributed by atoms with Crippen LogP contribution in [0.5, 0.6) is 5.75 Å². The van der Waals surface area contributed by atoms with Crippen molar-refractivity contribution in [3.05, 3.63) is 52.5 Å². The maximum absolute atomic E-state index is 12.1. The smallest absolute Gasteiger partial charge is 0.314 e. The lowest BCUT2D eigenvalue weighted by Gasteiger charge is -2.13. The molecule has 0 unspecified atom stereocenters. The molecular weight excluding hydrogens is 316 g/mol. The summed E-state index contributed by atoms with van der Waals surface area (Å²) in [6.07, 6.45) is 0. The van der Waals surface area contributed by atoms with Gasteiger partial charge >= 0.3 is 11.8 Å². The standard InChI is InChI=1S/C17H17ClN2O3/c1-10-5-4-6-11(2)15(10)20-17(22)16(21)19-13-9-12(18)7-8-14(13)23-3/h4-9H,1-3H3,(H,19,21)(H,20,22). The molecule has 2 rings (SSSR count). The minimum atomic E-state index is -0.798. The highest BCUT2D eigenvalue weighted by Gasteiger charge is 2.17. The summed E-state index contributed by atoms with van der Waals surface area (Å²) in [5.41, 5.74) is 2.73. The van der Waals surface area contributed by atoms with E-state index in [0.717, 1.165) is 11.1 Å². The quantitative estimate of drug-likeness (QED) is 0.845. The summed E-state index contributed by atoms with van der Waals surface area (Å²) in [5, 5.41) is 5.55. The second-order valence-corrected chi connectivity index (χ2v) is 5.46. The number of para-hydroxylation sites is 1. The molecule has 0 aliphatic rings. The van der Waals surface area contributed by atoms with Crippen LogP contribution in [0.3, 0.4) is 0 Å². The van der Waals surface area contributed by atoms with Crippen LogP contribution in [0.4, 0.5) is 11.4 Å². The summed E-state index contributed by atoms with van der Waals surface area (Å²) in [7, 11) is 1.47. The molecule has 0 saturated carbocycles. The van der Waals surface area contributed by atoms with E-state index in [9.17, 15) is 9.59 Å². The van der Waals surface area contributed by atoms with Crippen LogP contribution >= 0.6 is 11.6 Å². The predicted molar refractivity (Wildman–Crippen MR) is 91.2 cm³/mol. The van der Waals surface area contributed by atoms with Crippen LogP contribution < -0.4 is 15.4 Å². The van der Waals surface area contributed by atoms with E-state index in [4.69, 9.17) is 16.3 Å². The number of benzene rings is 2. The number of amides is 2. The maximum Gasteiger partial charge on any atom is 0.314 e. The molecule has 2 amide bonds. The van der Waals surface area contributed by atoms with Crippen LogP contribution in [-0.2, 0) is 9.59 Å². The minimum Gasteiger partial charge on any atom is -0.495 e. The Balaban J connectivity index is 2.15. The van der Waals surface area contributed by atoms with Crippen LogP contribution in [0.25, 0.3) is 0 Å². The van der Waals surface area contributed by atoms with Crippen LogP contribution in [0, 0.1) is 13.8 Å². The number of methoxy groups -OCH3 is 1. The predicted octanol–water partition coefficient (Wildman–Crippen LogP) is 3.54. The first-order valence-electron chi connectivity index (χ1n) is 6.94. The number of hydrogen-bond donors (Lipinski definition) is 2. The van der Waals surface area contributed by atoms with E-state index in [1.165, 1.54) is 13.2 Å². The molecule has 0 aromatic heterocycles. The number of carbonyl (C=O) groups is 2. The molecule has 0 atom stereocenters. The summed E-state index contributed by atoms with van der Waals surface area (Å²) in [4.78, 5) is 24.2. The third-order valence-electron chi connectivity index (χ3n) is 3.34. The fourth-order valence-corrected chi connectivity index (χ4v) is 2.31. The number of hydrogen-bond acceptors (Lipinski definition) is 3. The van der Waals surface area contributed by atoms with E-state index in [0.29, 0.717) is 22.1 Å². The molecule has 0 aliphatic heterocycles. The van der Waals surface area contributed by atoms with E-state index in [1.807, 2.05) is 32.0 Å². The van der Waals surface area contributed by atoms with Crippen LogP contribution in [-0.4, -0.2) is 18.9 Å². The van der Waals surface area contributed by atoms with Gasteiger partial charge in [-0.25, -0.2) is 0 Å². The number of nitrogens with one attached hydrogen (secondary N) is 2. The van der Waals surface area contributed by atoms with Gasteiger partial charge in [0.2, 0.25) is 0 Å². The van der Waals surface area contributed by atoms with Crippen LogP contribution in [0.2, 0.25) is 5.02 Å². The molecule has 0 saturated heterocycles. The number of ether oxygens (including phenoxy) is 1. The van der Waals surface area contributed by atoms with E-state index in [-0.39, 0.29) is 0 Å². The van der Waals surface area contributed by atoms with E-state index >= 15 is 0 Å². The number of halogens is 1. The third-order valence-corrected chi connectivity index (χ3v) is 3.57. The molecule has 0 radical (unpaired) electrons. The molecule has 2 N–H and O–H groups in total. The van der Waals surface area contributed by atoms with Gasteiger partial charge in [0.15, 0.2) is 0 Å². The van der Waals surface area contributed by atoms with Gasteiger partial charge in [-0.2, -0.15) is 0 Å². The van der Waals surface area contributed by atoms with Gasteiger partial charge in [0.25, 0.3) is 0 Å². The highest BCUT2D eigenvalue weighted by Crippen LogP contribution is 2.27. The van der Waals surface area contributed by atoms with Crippen molar-refractivity contribution in [2.75, 3.05) is 17.7 Å². The molecule has 0 spiro atoms. The van der Waals surface area contributed by atoms with Gasteiger partial charge in [-0.1, -0.05) is 29.8 Å². The molecule has 0 aliphatic carbocycles. The number of anilines is 2. The first-order chi connectivity index (χ1) is 10.9. The average Bonchev–Trinajstić information content (AvgIpc) is 2.51. The van der Waals surface area contributed by atoms with Crippen LogP contribution in [0.15, 0.2) is 36.4 Å². The molecule has 2 aromatic carbocycles. The SMILES string of the molecule is COc1ccc(Cl)cc1NC(=O)C(=O)Nc1c(C)cccc1C. The topological polar surface area (TPSA) is 67.4 Å². The van der Waals surface area contributed by atoms with Gasteiger partial charge < -0.3 is 15.4 Å². The summed E-state index contributed by atoms with van der Waals surface area (Å²) in [6.45, 7) is 3.72. The second-order valence-electron chi connectivity index (χ2n) is 5.02. The second kappa shape index (κ2) is 7.15. The summed E-state index contributed by atoms with van der Waals surface area (Å²) in [5.74, 6) is -1.14. The highest BCUT2D eigenvalue weighted by atomic mass is 35.5. The molecule has 2 aromatic rings. The Morgan fingerprint density at radius 2 is 1.61 bits per heavy atom. The van der Waals surface area contributed by atoms with E-state index < -0.39 is 11.8 Å². The molecule has 0 heterocycles. The Labute approximate surface area is 139 Å². The van der Waals surface area contributed by atoms with Crippen molar-refractivity contribution in [3.63, 3.8) is 0 Å². The minimum absolute atomic E-state index is 0.335. The fourth-order valence-electron chi connectivity index (χ4n) is 2.14. The molecule has 5 nitrogen and oxygen atoms in total. The third kappa shape index (κ3) is 4.02. The van der Waals surface area contributed by atoms with Crippen LogP contribution in [0.1, 0.15) is 11.1 Å². The number of carbonyl (C=O) groups excluding carboxylic acids is 2. The molecular formula is C17H17ClN2O3. The Morgan fingerprint density at radius 1 is 1.00 bits per heavy atom. The maximum atomic E-state index is 12.1. The van der Waals surface area contributed by atoms with E-state index in [2.05, 4.69) is 10.6 Å². The lowest BCUT2D eigenvalue weighted by Crippen LogP contribution is -2.29. The van der Waals surface area contributed by atoms with Crippen molar-refractivity contribution < 1.29 is 14.3 Å². The van der Waals surface area contributed by atoms with Gasteiger partial charge in [-0.3, -0.25) is 9.59 Å². The normalized spacial score (nSPS) is 10.1. The van der Waals surface area contributed by atoms with Gasteiger partial charge in [-0.05, 0) is 43.2 Å². The van der Waals surface area contributed by atoms with Gasteiger partial charge in [0.05, 0.1) is 12.8 Å². The first kappa shape index (κ1) is 16.8. The summed E-state index contributed by atoms with van der Waals surface area (Å²) < 4.78 is 5.13. The largest absolute Gasteiger partial charge is 0.495 e. The lowest BCUT2D eigenvalue weighted by atomic mass is 10.1. The summed E-state index contributed by atoms with van der Waals surface area (Å²) >= 11 is 5.90. The first-order valence-corrected chi connectivity index (χ1v) is 7.32. The lowest BCUT2D eigenvalue weighted by molar-refractivity contribution is -0.133. The zero-order valence-corrected chi connectivity index (χ0v) is 13.8. The van der Waals surface area contributed by atoms with E-state index in [1.54, 1.807) is 12.1 Å². The number of rotatable bonds is 3. The Hall–Kier alpha value is -2.53. The average molecular weight is 333 g/mol. The van der Waals surface area contributed by atoms with Gasteiger partial charge in [0, 0.05) is 10.7 Å². The number of aryl methyl sites for hydroxylation is 2. The van der Waals surface area contributed by atoms with Gasteiger partial charge in [0.1, 0.15) is 5.75 Å². The Kier molecular flexibility index (Phi) is 5.24. The van der Waals surface area contributed by atoms with Crippen molar-refractivity contribution in [2.24, 2.45) is 0 Å². The van der Waals surface area contributed by atoms with Crippen molar-refractivity contribution in [3.8, 4) is 5.75 Å². The van der Waals surface area contributed by atoms with Crippen molar-refractivity contribution in [1.82, 2.24) is 0 Å². The Morgan fingerprint density at radius 3 is 2.22 bits per heavy atom. The zero-order valence-electron chi connectivity index (χ0n) is 13.1. The fraction of sp³-hybridized carbons (Fsp3) is 0.176. The molecule has 6 heteroatoms. The molecule has 120 valence electrons. The monoisotopic (exact) mass is 332 g/mol. The van der Waals surface area contributed by atoms with Gasteiger partial charge in [-0.15, -0.1) is 0 Å². The zero-order chi connectivity index (χ0) is 17.0. The Bertz CT molecular complexity index is 739. The van der Waals surface area contributed by atoms with Crippen molar-refractivity contribution in [2.45, 2.75) is 13.8 Å². The van der Waals surface area contributed by atoms with Crippen molar-refractivity contribution >= 4 is 34.8 Å². The highest BCUT2D eigenvalue weighted by molar-refractivity contribution is 6.44. The molecule has 0 fully saturated rings. The molecule has 0 bridgehead atoms. The summed E-state index contributed by atoms with van der Waals surface area (Å²) in [6, 6.07) is 10.4. The molecule has 23 heavy (non-hydrogen) atoms.